The molecule has 0 saturated heterocycles. The van der Waals surface area contributed by atoms with Crippen molar-refractivity contribution in [1.29, 1.82) is 0 Å². The number of fused-ring (bicyclic) bond motifs is 1. The topological polar surface area (TPSA) is 95.3 Å². The molecule has 0 aliphatic heterocycles. The number of carboxylic acid groups (broad SMARTS) is 1. The number of alkyl halides is 3. The van der Waals surface area contributed by atoms with Crippen LogP contribution < -0.4 is 5.32 Å². The first-order valence-electron chi connectivity index (χ1n) is 9.48. The summed E-state index contributed by atoms with van der Waals surface area (Å²) in [5.74, 6) is -4.64. The Morgan fingerprint density at radius 2 is 1.79 bits per heavy atom. The highest BCUT2D eigenvalue weighted by molar-refractivity contribution is 7.15. The predicted octanol–water partition coefficient (Wildman–Crippen LogP) is 5.82. The largest absolute Gasteiger partial charge is 0.505 e. The van der Waals surface area contributed by atoms with Crippen molar-refractivity contribution in [1.82, 2.24) is 9.97 Å². The van der Waals surface area contributed by atoms with Gasteiger partial charge in [-0.15, -0.1) is 11.3 Å². The van der Waals surface area contributed by atoms with E-state index in [2.05, 4.69) is 15.3 Å². The number of hydrogen-bond donors (Lipinski definition) is 3. The molecule has 0 bridgehead atoms. The van der Waals surface area contributed by atoms with Crippen molar-refractivity contribution in [2.24, 2.45) is 0 Å². The van der Waals surface area contributed by atoms with E-state index in [1.54, 1.807) is 24.5 Å². The molecule has 6 nitrogen and oxygen atoms in total. The van der Waals surface area contributed by atoms with E-state index in [1.807, 2.05) is 19.1 Å². The third kappa shape index (κ3) is 5.76. The first-order chi connectivity index (χ1) is 16.0. The average Bonchev–Trinajstić information content (AvgIpc) is 3.19. The van der Waals surface area contributed by atoms with Crippen LogP contribution in [0.2, 0.25) is 0 Å². The number of anilines is 1. The van der Waals surface area contributed by atoms with Crippen molar-refractivity contribution in [2.45, 2.75) is 19.1 Å². The fraction of sp³-hybridized carbons (Fsp3) is 0.136. The van der Waals surface area contributed by atoms with Gasteiger partial charge in [-0.25, -0.2) is 18.6 Å². The van der Waals surface area contributed by atoms with E-state index in [0.717, 1.165) is 22.4 Å². The second-order valence-electron chi connectivity index (χ2n) is 6.91. The number of aryl methyl sites for hydroxylation is 1. The van der Waals surface area contributed by atoms with Gasteiger partial charge in [0.15, 0.2) is 16.8 Å². The third-order valence-electron chi connectivity index (χ3n) is 4.50. The smallest absolute Gasteiger partial charge is 0.490 e. The Morgan fingerprint density at radius 1 is 1.09 bits per heavy atom. The number of pyridine rings is 1. The summed E-state index contributed by atoms with van der Waals surface area (Å²) < 4.78 is 59.0. The summed E-state index contributed by atoms with van der Waals surface area (Å²) in [6.07, 6.45) is -1.77. The molecule has 0 fully saturated rings. The molecule has 2 aromatic heterocycles. The summed E-state index contributed by atoms with van der Waals surface area (Å²) in [6, 6.07) is 10.3. The van der Waals surface area contributed by atoms with Gasteiger partial charge in [-0.2, -0.15) is 13.2 Å². The summed E-state index contributed by atoms with van der Waals surface area (Å²) in [5, 5.41) is 22.5. The molecule has 0 spiro atoms. The molecule has 12 heteroatoms. The van der Waals surface area contributed by atoms with Crippen molar-refractivity contribution in [3.8, 4) is 5.75 Å². The fourth-order valence-corrected chi connectivity index (χ4v) is 3.65. The number of rotatable bonds is 4. The minimum absolute atomic E-state index is 0.0105. The lowest BCUT2D eigenvalue weighted by Crippen LogP contribution is -2.21. The van der Waals surface area contributed by atoms with Gasteiger partial charge in [-0.1, -0.05) is 24.3 Å². The van der Waals surface area contributed by atoms with Crippen LogP contribution in [0.3, 0.4) is 0 Å². The third-order valence-corrected chi connectivity index (χ3v) is 5.34. The van der Waals surface area contributed by atoms with Crippen LogP contribution in [0.4, 0.5) is 27.1 Å². The van der Waals surface area contributed by atoms with E-state index >= 15 is 0 Å². The first kappa shape index (κ1) is 24.8. The first-order valence-corrected chi connectivity index (χ1v) is 10.3. The number of nitrogens with zero attached hydrogens (tertiary/aromatic N) is 2. The molecule has 0 aliphatic rings. The maximum absolute atomic E-state index is 13.9. The Labute approximate surface area is 193 Å². The molecule has 0 aliphatic carbocycles. The van der Waals surface area contributed by atoms with Crippen molar-refractivity contribution in [2.75, 3.05) is 5.32 Å². The number of benzene rings is 2. The zero-order chi connectivity index (χ0) is 25.0. The monoisotopic (exact) mass is 497 g/mol. The molecule has 178 valence electrons. The predicted molar refractivity (Wildman–Crippen MR) is 116 cm³/mol. The Hall–Kier alpha value is -3.80. The Balaban J connectivity index is 0.000000406. The Bertz CT molecular complexity index is 1330. The van der Waals surface area contributed by atoms with Crippen LogP contribution in [-0.2, 0) is 4.79 Å². The maximum atomic E-state index is 13.9. The molecule has 1 unspecified atom stereocenters. The number of halogens is 5. The molecule has 1 atom stereocenters. The van der Waals surface area contributed by atoms with Gasteiger partial charge >= 0.3 is 12.1 Å². The van der Waals surface area contributed by atoms with E-state index in [9.17, 15) is 27.1 Å². The van der Waals surface area contributed by atoms with E-state index in [1.165, 1.54) is 17.4 Å². The fourth-order valence-electron chi connectivity index (χ4n) is 2.96. The highest BCUT2D eigenvalue weighted by Crippen LogP contribution is 2.37. The second kappa shape index (κ2) is 10.00. The molecule has 34 heavy (non-hydrogen) atoms. The highest BCUT2D eigenvalue weighted by atomic mass is 32.1. The SMILES string of the molecule is Cc1cnc(NC(c2ccc(F)c(F)c2)c2ccc3cccnc3c2O)s1.O=C(O)C(F)(F)F. The number of phenolic OH excluding ortho intramolecular Hbond substituents is 1. The number of carbonyl (C=O) groups is 1. The van der Waals surface area contributed by atoms with Gasteiger partial charge in [-0.05, 0) is 30.7 Å². The Kier molecular flexibility index (Phi) is 7.30. The van der Waals surface area contributed by atoms with Crippen molar-refractivity contribution in [3.63, 3.8) is 0 Å². The van der Waals surface area contributed by atoms with Gasteiger partial charge < -0.3 is 15.5 Å². The van der Waals surface area contributed by atoms with E-state index in [-0.39, 0.29) is 5.75 Å². The number of carboxylic acids is 1. The van der Waals surface area contributed by atoms with Crippen molar-refractivity contribution >= 4 is 33.3 Å². The minimum Gasteiger partial charge on any atom is -0.505 e. The number of nitrogens with one attached hydrogen (secondary N) is 1. The van der Waals surface area contributed by atoms with E-state index in [4.69, 9.17) is 9.90 Å². The maximum Gasteiger partial charge on any atom is 0.490 e. The number of aliphatic carboxylic acids is 1. The van der Waals surface area contributed by atoms with Crippen LogP contribution in [-0.4, -0.2) is 32.3 Å². The molecule has 4 rings (SSSR count). The van der Waals surface area contributed by atoms with E-state index in [0.29, 0.717) is 21.8 Å². The average molecular weight is 497 g/mol. The second-order valence-corrected chi connectivity index (χ2v) is 8.14. The lowest BCUT2D eigenvalue weighted by Gasteiger charge is -2.21. The standard InChI is InChI=1S/C20H15F2N3OS.C2HF3O2/c1-11-10-24-20(27-11)25-17(13-5-7-15(21)16(22)9-13)14-6-4-12-3-2-8-23-18(12)19(14)26;3-2(4,5)1(6)7/h2-10,17,26H,1H3,(H,24,25);(H,6,7). The summed E-state index contributed by atoms with van der Waals surface area (Å²) in [5.41, 5.74) is 1.41. The molecule has 0 amide bonds. The zero-order valence-corrected chi connectivity index (χ0v) is 18.1. The zero-order valence-electron chi connectivity index (χ0n) is 17.3. The van der Waals surface area contributed by atoms with Gasteiger partial charge in [0, 0.05) is 28.2 Å². The van der Waals surface area contributed by atoms with Crippen LogP contribution in [0.15, 0.2) is 54.9 Å². The quantitative estimate of drug-likeness (QED) is 0.308. The molecular weight excluding hydrogens is 481 g/mol. The minimum atomic E-state index is -5.08. The number of thiazole rings is 1. The number of aromatic nitrogens is 2. The number of phenols is 1. The van der Waals surface area contributed by atoms with Crippen LogP contribution >= 0.6 is 11.3 Å². The number of hydrogen-bond acceptors (Lipinski definition) is 6. The molecule has 2 heterocycles. The summed E-state index contributed by atoms with van der Waals surface area (Å²) in [7, 11) is 0. The summed E-state index contributed by atoms with van der Waals surface area (Å²) >= 11 is 1.43. The molecule has 0 saturated carbocycles. The van der Waals surface area contributed by atoms with Gasteiger partial charge in [-0.3, -0.25) is 4.98 Å². The molecule has 2 aromatic carbocycles. The lowest BCUT2D eigenvalue weighted by molar-refractivity contribution is -0.192. The van der Waals surface area contributed by atoms with Gasteiger partial charge in [0.2, 0.25) is 0 Å². The number of aromatic hydroxyl groups is 1. The normalized spacial score (nSPS) is 12.1. The van der Waals surface area contributed by atoms with Crippen LogP contribution in [0.25, 0.3) is 10.9 Å². The lowest BCUT2D eigenvalue weighted by atomic mass is 9.96. The van der Waals surface area contributed by atoms with Gasteiger partial charge in [0.1, 0.15) is 11.3 Å². The van der Waals surface area contributed by atoms with Crippen LogP contribution in [0, 0.1) is 18.6 Å². The van der Waals surface area contributed by atoms with Crippen molar-refractivity contribution in [3.05, 3.63) is 82.5 Å². The Morgan fingerprint density at radius 3 is 2.38 bits per heavy atom. The molecule has 4 aromatic rings. The van der Waals surface area contributed by atoms with Crippen LogP contribution in [0.5, 0.6) is 5.75 Å². The van der Waals surface area contributed by atoms with Crippen LogP contribution in [0.1, 0.15) is 22.0 Å². The molecule has 0 radical (unpaired) electrons. The molecular formula is C22H16F5N3O3S. The highest BCUT2D eigenvalue weighted by Gasteiger charge is 2.38. The van der Waals surface area contributed by atoms with E-state index < -0.39 is 29.8 Å². The summed E-state index contributed by atoms with van der Waals surface area (Å²) in [4.78, 5) is 18.4. The summed E-state index contributed by atoms with van der Waals surface area (Å²) in [6.45, 7) is 1.92. The van der Waals surface area contributed by atoms with Crippen molar-refractivity contribution < 1.29 is 37.0 Å². The molecule has 3 N–H and O–H groups in total. The van der Waals surface area contributed by atoms with Gasteiger partial charge in [0.25, 0.3) is 0 Å². The van der Waals surface area contributed by atoms with Gasteiger partial charge in [0.05, 0.1) is 6.04 Å².